The van der Waals surface area contributed by atoms with Gasteiger partial charge in [-0.25, -0.2) is 0 Å². The van der Waals surface area contributed by atoms with Gasteiger partial charge in [0.25, 0.3) is 20.2 Å². The average molecular weight is 300 g/mol. The standard InChI is InChI=1S/C9H16O7S2/c1-3-8(15-17(2,11)12)9-5-4-7(10)6-18(13,14)16-9/h8-9H,3-6H2,1-2H3/t8-,9-/m1/s1. The summed E-state index contributed by atoms with van der Waals surface area (Å²) in [6, 6.07) is 0. The molecule has 0 saturated carbocycles. The fourth-order valence-electron chi connectivity index (χ4n) is 1.71. The van der Waals surface area contributed by atoms with Crippen LogP contribution in [0, 0.1) is 0 Å². The summed E-state index contributed by atoms with van der Waals surface area (Å²) in [5, 5.41) is 0. The lowest BCUT2D eigenvalue weighted by atomic mass is 10.1. The third kappa shape index (κ3) is 5.01. The minimum atomic E-state index is -3.95. The van der Waals surface area contributed by atoms with Gasteiger partial charge >= 0.3 is 0 Å². The van der Waals surface area contributed by atoms with E-state index >= 15 is 0 Å². The van der Waals surface area contributed by atoms with Crippen LogP contribution < -0.4 is 0 Å². The summed E-state index contributed by atoms with van der Waals surface area (Å²) in [5.41, 5.74) is 0. The number of carbonyl (C=O) groups excluding carboxylic acids is 1. The minimum Gasteiger partial charge on any atom is -0.298 e. The smallest absolute Gasteiger partial charge is 0.274 e. The van der Waals surface area contributed by atoms with Crippen molar-refractivity contribution in [2.45, 2.75) is 38.4 Å². The van der Waals surface area contributed by atoms with Crippen LogP contribution in [-0.4, -0.2) is 46.8 Å². The van der Waals surface area contributed by atoms with Crippen molar-refractivity contribution in [3.63, 3.8) is 0 Å². The van der Waals surface area contributed by atoms with E-state index in [0.717, 1.165) is 6.26 Å². The molecular formula is C9H16O7S2. The Morgan fingerprint density at radius 2 is 2.11 bits per heavy atom. The molecule has 1 heterocycles. The molecular weight excluding hydrogens is 284 g/mol. The van der Waals surface area contributed by atoms with Crippen molar-refractivity contribution in [3.8, 4) is 0 Å². The summed E-state index contributed by atoms with van der Waals surface area (Å²) in [5.74, 6) is -1.11. The molecule has 0 aromatic rings. The highest BCUT2D eigenvalue weighted by molar-refractivity contribution is 7.87. The van der Waals surface area contributed by atoms with Gasteiger partial charge in [0.05, 0.1) is 6.26 Å². The van der Waals surface area contributed by atoms with Gasteiger partial charge in [-0.15, -0.1) is 0 Å². The first-order valence-electron chi connectivity index (χ1n) is 5.44. The van der Waals surface area contributed by atoms with Gasteiger partial charge in [-0.2, -0.15) is 16.8 Å². The van der Waals surface area contributed by atoms with Crippen LogP contribution in [-0.2, 0) is 33.4 Å². The molecule has 1 saturated heterocycles. The van der Waals surface area contributed by atoms with E-state index < -0.39 is 44.0 Å². The number of Topliss-reactive ketones (excluding diaryl/α,β-unsaturated/α-hetero) is 1. The van der Waals surface area contributed by atoms with E-state index in [-0.39, 0.29) is 19.3 Å². The molecule has 0 bridgehead atoms. The zero-order valence-corrected chi connectivity index (χ0v) is 11.8. The summed E-state index contributed by atoms with van der Waals surface area (Å²) in [6.45, 7) is 1.65. The first kappa shape index (κ1) is 15.5. The number of ketones is 1. The van der Waals surface area contributed by atoms with Gasteiger partial charge in [0.2, 0.25) is 0 Å². The number of hydrogen-bond donors (Lipinski definition) is 0. The lowest BCUT2D eigenvalue weighted by molar-refractivity contribution is -0.116. The Morgan fingerprint density at radius 1 is 1.50 bits per heavy atom. The lowest BCUT2D eigenvalue weighted by Gasteiger charge is -2.22. The van der Waals surface area contributed by atoms with E-state index in [1.54, 1.807) is 6.92 Å². The molecule has 1 aliphatic heterocycles. The van der Waals surface area contributed by atoms with Crippen LogP contribution >= 0.6 is 0 Å². The van der Waals surface area contributed by atoms with Crippen LogP contribution in [0.5, 0.6) is 0 Å². The largest absolute Gasteiger partial charge is 0.298 e. The lowest BCUT2D eigenvalue weighted by Crippen LogP contribution is -2.34. The van der Waals surface area contributed by atoms with Crippen LogP contribution in [0.3, 0.4) is 0 Å². The molecule has 1 rings (SSSR count). The maximum atomic E-state index is 11.4. The van der Waals surface area contributed by atoms with Gasteiger partial charge in [0.1, 0.15) is 23.7 Å². The van der Waals surface area contributed by atoms with E-state index in [1.807, 2.05) is 0 Å². The molecule has 0 aliphatic carbocycles. The molecule has 2 atom stereocenters. The second kappa shape index (κ2) is 5.64. The van der Waals surface area contributed by atoms with Crippen molar-refractivity contribution < 1.29 is 30.0 Å². The van der Waals surface area contributed by atoms with E-state index in [9.17, 15) is 21.6 Å². The highest BCUT2D eigenvalue weighted by atomic mass is 32.2. The molecule has 0 aromatic heterocycles. The summed E-state index contributed by atoms with van der Waals surface area (Å²) in [4.78, 5) is 11.2. The predicted molar refractivity (Wildman–Crippen MR) is 62.9 cm³/mol. The van der Waals surface area contributed by atoms with Crippen LogP contribution in [0.15, 0.2) is 0 Å². The second-order valence-electron chi connectivity index (χ2n) is 4.16. The molecule has 9 heteroatoms. The molecule has 0 unspecified atom stereocenters. The third-order valence-corrected chi connectivity index (χ3v) is 4.24. The van der Waals surface area contributed by atoms with Gasteiger partial charge in [-0.1, -0.05) is 6.92 Å². The quantitative estimate of drug-likeness (QED) is 0.663. The highest BCUT2D eigenvalue weighted by Gasteiger charge is 2.34. The number of carbonyl (C=O) groups is 1. The second-order valence-corrected chi connectivity index (χ2v) is 7.36. The zero-order chi connectivity index (χ0) is 14.0. The molecule has 1 fully saturated rings. The topological polar surface area (TPSA) is 104 Å². The maximum Gasteiger partial charge on any atom is 0.274 e. The van der Waals surface area contributed by atoms with E-state index in [4.69, 9.17) is 8.37 Å². The first-order valence-corrected chi connectivity index (χ1v) is 8.83. The molecule has 0 radical (unpaired) electrons. The molecule has 0 aromatic carbocycles. The average Bonchev–Trinajstić information content (AvgIpc) is 2.31. The molecule has 1 aliphatic rings. The normalized spacial score (nSPS) is 26.6. The third-order valence-electron chi connectivity index (χ3n) is 2.43. The van der Waals surface area contributed by atoms with E-state index in [1.165, 1.54) is 0 Å². The van der Waals surface area contributed by atoms with Crippen LogP contribution in [0.4, 0.5) is 0 Å². The zero-order valence-electron chi connectivity index (χ0n) is 10.2. The first-order chi connectivity index (χ1) is 8.13. The van der Waals surface area contributed by atoms with Gasteiger partial charge in [0.15, 0.2) is 0 Å². The SMILES string of the molecule is CC[C@@H](OS(C)(=O)=O)[C@H]1CCC(=O)CS(=O)(=O)O1. The fraction of sp³-hybridized carbons (Fsp3) is 0.889. The number of hydrogen-bond acceptors (Lipinski definition) is 7. The molecule has 106 valence electrons. The molecule has 0 spiro atoms. The van der Waals surface area contributed by atoms with Crippen LogP contribution in [0.1, 0.15) is 26.2 Å². The predicted octanol–water partition coefficient (Wildman–Crippen LogP) is -0.181. The Bertz CT molecular complexity index is 505. The highest BCUT2D eigenvalue weighted by Crippen LogP contribution is 2.21. The van der Waals surface area contributed by atoms with Gasteiger partial charge in [-0.3, -0.25) is 13.2 Å². The van der Waals surface area contributed by atoms with Crippen molar-refractivity contribution in [3.05, 3.63) is 0 Å². The summed E-state index contributed by atoms with van der Waals surface area (Å²) in [6.07, 6.45) is -0.533. The van der Waals surface area contributed by atoms with E-state index in [2.05, 4.69) is 0 Å². The monoisotopic (exact) mass is 300 g/mol. The summed E-state index contributed by atoms with van der Waals surface area (Å²) < 4.78 is 54.6. The van der Waals surface area contributed by atoms with Gasteiger partial charge in [-0.05, 0) is 12.8 Å². The number of rotatable bonds is 4. The van der Waals surface area contributed by atoms with Crippen molar-refractivity contribution in [1.82, 2.24) is 0 Å². The molecule has 18 heavy (non-hydrogen) atoms. The molecule has 0 amide bonds. The van der Waals surface area contributed by atoms with Crippen LogP contribution in [0.2, 0.25) is 0 Å². The molecule has 0 N–H and O–H groups in total. The van der Waals surface area contributed by atoms with Crippen LogP contribution in [0.25, 0.3) is 0 Å². The molecule has 7 nitrogen and oxygen atoms in total. The van der Waals surface area contributed by atoms with Crippen molar-refractivity contribution in [2.75, 3.05) is 12.0 Å². The summed E-state index contributed by atoms with van der Waals surface area (Å²) in [7, 11) is -7.66. The Labute approximate surface area is 107 Å². The Kier molecular flexibility index (Phi) is 4.87. The van der Waals surface area contributed by atoms with Crippen molar-refractivity contribution in [1.29, 1.82) is 0 Å². The summed E-state index contributed by atoms with van der Waals surface area (Å²) >= 11 is 0. The Hall–Kier alpha value is -0.510. The maximum absolute atomic E-state index is 11.4. The minimum absolute atomic E-state index is 0.0352. The Balaban J connectivity index is 2.89. The fourth-order valence-corrected chi connectivity index (χ4v) is 3.62. The van der Waals surface area contributed by atoms with Gasteiger partial charge in [0, 0.05) is 6.42 Å². The Morgan fingerprint density at radius 3 is 2.61 bits per heavy atom. The van der Waals surface area contributed by atoms with Gasteiger partial charge < -0.3 is 0 Å². The van der Waals surface area contributed by atoms with Crippen molar-refractivity contribution in [2.24, 2.45) is 0 Å². The van der Waals surface area contributed by atoms with Crippen molar-refractivity contribution >= 4 is 26.0 Å². The van der Waals surface area contributed by atoms with E-state index in [0.29, 0.717) is 0 Å².